The molecule has 1 aliphatic heterocycles. The Morgan fingerprint density at radius 3 is 2.54 bits per heavy atom. The SMILES string of the molecule is CC(C)C(NC(=O)O)C(=O)Nc1ccn([C@@H]2O[C@H](CO)[C@@H](O)C2(F)F)c(=O)n1. The predicted molar refractivity (Wildman–Crippen MR) is 88.9 cm³/mol. The summed E-state index contributed by atoms with van der Waals surface area (Å²) in [6.45, 7) is 2.30. The van der Waals surface area contributed by atoms with Crippen LogP contribution in [0.15, 0.2) is 17.1 Å². The number of nitrogens with one attached hydrogen (secondary N) is 2. The van der Waals surface area contributed by atoms with Crippen LogP contribution in [-0.4, -0.2) is 67.7 Å². The minimum Gasteiger partial charge on any atom is -0.465 e. The summed E-state index contributed by atoms with van der Waals surface area (Å²) in [6.07, 6.45) is -6.63. The van der Waals surface area contributed by atoms with Gasteiger partial charge in [-0.05, 0) is 12.0 Å². The lowest BCUT2D eigenvalue weighted by atomic mass is 10.0. The molecule has 0 bridgehead atoms. The summed E-state index contributed by atoms with van der Waals surface area (Å²) in [5.41, 5.74) is -1.21. The Bertz CT molecular complexity index is 801. The Morgan fingerprint density at radius 1 is 1.43 bits per heavy atom. The first-order valence-electron chi connectivity index (χ1n) is 8.20. The van der Waals surface area contributed by atoms with Gasteiger partial charge in [-0.25, -0.2) is 9.59 Å². The van der Waals surface area contributed by atoms with E-state index in [0.717, 1.165) is 12.3 Å². The molecule has 1 saturated heterocycles. The average Bonchev–Trinajstić information content (AvgIpc) is 2.82. The van der Waals surface area contributed by atoms with E-state index >= 15 is 0 Å². The first-order valence-corrected chi connectivity index (χ1v) is 8.20. The van der Waals surface area contributed by atoms with Crippen LogP contribution in [0.2, 0.25) is 0 Å². The molecule has 4 atom stereocenters. The predicted octanol–water partition coefficient (Wildman–Crippen LogP) is -0.640. The molecule has 2 rings (SSSR count). The fraction of sp³-hybridized carbons (Fsp3) is 0.600. The maximum atomic E-state index is 14.1. The molecule has 0 saturated carbocycles. The van der Waals surface area contributed by atoms with Gasteiger partial charge in [-0.3, -0.25) is 9.36 Å². The number of amides is 2. The van der Waals surface area contributed by atoms with Crippen molar-refractivity contribution in [3.05, 3.63) is 22.7 Å². The third kappa shape index (κ3) is 4.26. The van der Waals surface area contributed by atoms with Gasteiger partial charge in [0.2, 0.25) is 12.1 Å². The van der Waals surface area contributed by atoms with Crippen LogP contribution in [0, 0.1) is 5.92 Å². The molecule has 1 unspecified atom stereocenters. The van der Waals surface area contributed by atoms with Crippen molar-refractivity contribution < 1.29 is 38.4 Å². The van der Waals surface area contributed by atoms with Crippen LogP contribution in [0.4, 0.5) is 19.4 Å². The summed E-state index contributed by atoms with van der Waals surface area (Å²) < 4.78 is 33.5. The summed E-state index contributed by atoms with van der Waals surface area (Å²) in [4.78, 5) is 38.5. The highest BCUT2D eigenvalue weighted by molar-refractivity contribution is 5.95. The van der Waals surface area contributed by atoms with Crippen molar-refractivity contribution in [3.63, 3.8) is 0 Å². The van der Waals surface area contributed by atoms with Gasteiger partial charge in [0.25, 0.3) is 0 Å². The summed E-state index contributed by atoms with van der Waals surface area (Å²) in [6, 6.07) is -0.0973. The van der Waals surface area contributed by atoms with E-state index in [1.54, 1.807) is 13.8 Å². The number of rotatable bonds is 6. The van der Waals surface area contributed by atoms with E-state index in [1.165, 1.54) is 0 Å². The summed E-state index contributed by atoms with van der Waals surface area (Å²) in [5, 5.41) is 31.5. The molecule has 156 valence electrons. The molecule has 1 aromatic rings. The lowest BCUT2D eigenvalue weighted by Gasteiger charge is -2.22. The van der Waals surface area contributed by atoms with Crippen LogP contribution < -0.4 is 16.3 Å². The molecular formula is C15H20F2N4O7. The van der Waals surface area contributed by atoms with Gasteiger partial charge in [-0.1, -0.05) is 13.8 Å². The Morgan fingerprint density at radius 2 is 2.07 bits per heavy atom. The number of hydrogen-bond donors (Lipinski definition) is 5. The third-order valence-corrected chi connectivity index (χ3v) is 4.12. The Hall–Kier alpha value is -2.64. The van der Waals surface area contributed by atoms with E-state index in [2.05, 4.69) is 10.3 Å². The number of anilines is 1. The first kappa shape index (κ1) is 21.7. The highest BCUT2D eigenvalue weighted by atomic mass is 19.3. The normalized spacial score (nSPS) is 24.8. The maximum Gasteiger partial charge on any atom is 0.405 e. The Kier molecular flexibility index (Phi) is 6.31. The number of carbonyl (C=O) groups is 2. The molecule has 0 aliphatic carbocycles. The second-order valence-electron chi connectivity index (χ2n) is 6.49. The molecule has 13 heteroatoms. The van der Waals surface area contributed by atoms with Gasteiger partial charge >= 0.3 is 17.7 Å². The second kappa shape index (κ2) is 8.16. The number of nitrogens with zero attached hydrogens (tertiary/aromatic N) is 2. The molecular weight excluding hydrogens is 386 g/mol. The van der Waals surface area contributed by atoms with E-state index < -0.39 is 60.6 Å². The number of halogens is 2. The molecule has 28 heavy (non-hydrogen) atoms. The molecule has 1 aromatic heterocycles. The van der Waals surface area contributed by atoms with Crippen LogP contribution in [0.3, 0.4) is 0 Å². The largest absolute Gasteiger partial charge is 0.465 e. The first-order chi connectivity index (χ1) is 13.0. The maximum absolute atomic E-state index is 14.1. The molecule has 1 fully saturated rings. The molecule has 0 aromatic carbocycles. The number of ether oxygens (including phenoxy) is 1. The van der Waals surface area contributed by atoms with E-state index in [-0.39, 0.29) is 5.82 Å². The van der Waals surface area contributed by atoms with E-state index in [9.17, 15) is 28.3 Å². The summed E-state index contributed by atoms with van der Waals surface area (Å²) in [5.74, 6) is -5.36. The monoisotopic (exact) mass is 406 g/mol. The smallest absolute Gasteiger partial charge is 0.405 e. The van der Waals surface area contributed by atoms with Gasteiger partial charge in [0.1, 0.15) is 18.0 Å². The number of aromatic nitrogens is 2. The average molecular weight is 406 g/mol. The van der Waals surface area contributed by atoms with Crippen LogP contribution in [-0.2, 0) is 9.53 Å². The second-order valence-corrected chi connectivity index (χ2v) is 6.49. The van der Waals surface area contributed by atoms with Gasteiger partial charge in [0.15, 0.2) is 6.10 Å². The summed E-state index contributed by atoms with van der Waals surface area (Å²) >= 11 is 0. The minimum atomic E-state index is -3.86. The molecule has 1 aliphatic rings. The fourth-order valence-electron chi connectivity index (χ4n) is 2.65. The summed E-state index contributed by atoms with van der Waals surface area (Å²) in [7, 11) is 0. The van der Waals surface area contributed by atoms with Crippen molar-refractivity contribution >= 4 is 17.8 Å². The molecule has 0 radical (unpaired) electrons. The van der Waals surface area contributed by atoms with Crippen molar-refractivity contribution in [3.8, 4) is 0 Å². The zero-order chi connectivity index (χ0) is 21.2. The van der Waals surface area contributed by atoms with Crippen LogP contribution in [0.1, 0.15) is 20.1 Å². The molecule has 2 amide bonds. The van der Waals surface area contributed by atoms with Crippen molar-refractivity contribution in [2.75, 3.05) is 11.9 Å². The van der Waals surface area contributed by atoms with Crippen LogP contribution in [0.5, 0.6) is 0 Å². The number of hydrogen-bond acceptors (Lipinski definition) is 7. The van der Waals surface area contributed by atoms with Gasteiger partial charge in [0.05, 0.1) is 6.61 Å². The van der Waals surface area contributed by atoms with Crippen molar-refractivity contribution in [2.24, 2.45) is 5.92 Å². The zero-order valence-corrected chi connectivity index (χ0v) is 14.9. The molecule has 2 heterocycles. The molecule has 5 N–H and O–H groups in total. The van der Waals surface area contributed by atoms with Crippen LogP contribution >= 0.6 is 0 Å². The molecule has 11 nitrogen and oxygen atoms in total. The van der Waals surface area contributed by atoms with E-state index in [4.69, 9.17) is 14.9 Å². The van der Waals surface area contributed by atoms with E-state index in [0.29, 0.717) is 4.57 Å². The van der Waals surface area contributed by atoms with Crippen molar-refractivity contribution in [1.82, 2.24) is 14.9 Å². The lowest BCUT2D eigenvalue weighted by molar-refractivity contribution is -0.141. The van der Waals surface area contributed by atoms with Gasteiger partial charge in [0, 0.05) is 6.20 Å². The van der Waals surface area contributed by atoms with E-state index in [1.807, 2.05) is 5.32 Å². The zero-order valence-electron chi connectivity index (χ0n) is 14.9. The number of aliphatic hydroxyl groups excluding tert-OH is 2. The molecule has 0 spiro atoms. The minimum absolute atomic E-state index is 0.287. The Labute approximate surface area is 157 Å². The number of carbonyl (C=O) groups excluding carboxylic acids is 1. The van der Waals surface area contributed by atoms with Crippen molar-refractivity contribution in [1.29, 1.82) is 0 Å². The topological polar surface area (TPSA) is 163 Å². The lowest BCUT2D eigenvalue weighted by Crippen LogP contribution is -2.47. The standard InChI is InChI=1S/C15H20F2N4O7/c1-6(2)9(20-14(26)27)11(24)18-8-3-4-21(13(25)19-8)12-15(16,17)10(23)7(5-22)28-12/h3-4,6-7,9-10,12,20,22-23H,5H2,1-2H3,(H,26,27)(H,18,19,24,25)/t7-,9?,10-,12-/m1/s1. The fourth-order valence-corrected chi connectivity index (χ4v) is 2.65. The number of aliphatic hydroxyl groups is 2. The van der Waals surface area contributed by atoms with Gasteiger partial charge in [-0.15, -0.1) is 0 Å². The number of carboxylic acid groups (broad SMARTS) is 1. The quantitative estimate of drug-likeness (QED) is 0.416. The third-order valence-electron chi connectivity index (χ3n) is 4.12. The van der Waals surface area contributed by atoms with Gasteiger partial charge in [-0.2, -0.15) is 13.8 Å². The van der Waals surface area contributed by atoms with Crippen LogP contribution in [0.25, 0.3) is 0 Å². The van der Waals surface area contributed by atoms with Gasteiger partial charge < -0.3 is 30.7 Å². The van der Waals surface area contributed by atoms with Crippen molar-refractivity contribution in [2.45, 2.75) is 44.2 Å². The number of alkyl halides is 2. The highest BCUT2D eigenvalue weighted by Gasteiger charge is 2.59. The Balaban J connectivity index is 2.22. The highest BCUT2D eigenvalue weighted by Crippen LogP contribution is 2.41.